The number of amides is 1. The van der Waals surface area contributed by atoms with Gasteiger partial charge in [0.05, 0.1) is 29.3 Å². The molecule has 5 rings (SSSR count). The number of fused-ring (bicyclic) bond motifs is 1. The zero-order chi connectivity index (χ0) is 26.3. The number of aromatic nitrogens is 5. The summed E-state index contributed by atoms with van der Waals surface area (Å²) in [6.07, 6.45) is -4.71. The van der Waals surface area contributed by atoms with Gasteiger partial charge in [0.2, 0.25) is 0 Å². The fourth-order valence-corrected chi connectivity index (χ4v) is 4.14. The molecule has 0 bridgehead atoms. The number of carbonyl (C=O) groups is 1. The van der Waals surface area contributed by atoms with E-state index in [0.717, 1.165) is 11.6 Å². The Morgan fingerprint density at radius 3 is 2.38 bits per heavy atom. The molecular formula is C26H20ClF3N6O. The first-order valence-corrected chi connectivity index (χ1v) is 11.6. The van der Waals surface area contributed by atoms with Crippen molar-refractivity contribution in [1.29, 1.82) is 0 Å². The summed E-state index contributed by atoms with van der Waals surface area (Å²) in [5, 5.41) is 11.8. The third-order valence-corrected chi connectivity index (χ3v) is 6.14. The van der Waals surface area contributed by atoms with E-state index in [0.29, 0.717) is 38.7 Å². The Morgan fingerprint density at radius 1 is 1.00 bits per heavy atom. The van der Waals surface area contributed by atoms with Gasteiger partial charge in [-0.2, -0.15) is 23.4 Å². The van der Waals surface area contributed by atoms with Crippen LogP contribution in [-0.2, 0) is 12.7 Å². The van der Waals surface area contributed by atoms with Crippen molar-refractivity contribution < 1.29 is 18.0 Å². The normalized spacial score (nSPS) is 11.7. The summed E-state index contributed by atoms with van der Waals surface area (Å²) in [7, 11) is 0. The monoisotopic (exact) mass is 524 g/mol. The molecule has 5 aromatic rings. The fourth-order valence-electron chi connectivity index (χ4n) is 4.02. The van der Waals surface area contributed by atoms with Crippen LogP contribution in [0.25, 0.3) is 16.9 Å². The van der Waals surface area contributed by atoms with Crippen LogP contribution in [0.5, 0.6) is 0 Å². The molecule has 0 fully saturated rings. The highest BCUT2D eigenvalue weighted by Gasteiger charge is 2.35. The van der Waals surface area contributed by atoms with Crippen molar-refractivity contribution in [3.8, 4) is 11.3 Å². The fraction of sp³-hybridized carbons (Fsp3) is 0.154. The van der Waals surface area contributed by atoms with Crippen molar-refractivity contribution in [3.05, 3.63) is 100 Å². The van der Waals surface area contributed by atoms with E-state index in [1.807, 2.05) is 12.1 Å². The third-order valence-electron chi connectivity index (χ3n) is 5.89. The number of halogens is 4. The van der Waals surface area contributed by atoms with E-state index in [4.69, 9.17) is 11.6 Å². The summed E-state index contributed by atoms with van der Waals surface area (Å²) in [4.78, 5) is 17.4. The number of aryl methyl sites for hydroxylation is 1. The van der Waals surface area contributed by atoms with E-state index >= 15 is 0 Å². The molecule has 37 heavy (non-hydrogen) atoms. The molecule has 0 aliphatic carbocycles. The molecule has 0 aliphatic heterocycles. The predicted octanol–water partition coefficient (Wildman–Crippen LogP) is 6.18. The van der Waals surface area contributed by atoms with Crippen LogP contribution in [0.1, 0.15) is 33.1 Å². The van der Waals surface area contributed by atoms with Gasteiger partial charge in [-0.1, -0.05) is 54.1 Å². The van der Waals surface area contributed by atoms with Crippen LogP contribution in [0.4, 0.5) is 18.9 Å². The van der Waals surface area contributed by atoms with Crippen molar-refractivity contribution in [1.82, 2.24) is 24.4 Å². The highest BCUT2D eigenvalue weighted by Crippen LogP contribution is 2.32. The lowest BCUT2D eigenvalue weighted by Crippen LogP contribution is -2.16. The Labute approximate surface area is 214 Å². The topological polar surface area (TPSA) is 77.1 Å². The van der Waals surface area contributed by atoms with Crippen molar-refractivity contribution >= 4 is 28.8 Å². The van der Waals surface area contributed by atoms with Gasteiger partial charge in [-0.3, -0.25) is 9.48 Å². The van der Waals surface area contributed by atoms with Crippen LogP contribution >= 0.6 is 11.6 Å². The molecule has 1 amide bonds. The van der Waals surface area contributed by atoms with Gasteiger partial charge in [0, 0.05) is 16.7 Å². The summed E-state index contributed by atoms with van der Waals surface area (Å²) < 4.78 is 44.0. The zero-order valence-electron chi connectivity index (χ0n) is 19.7. The van der Waals surface area contributed by atoms with Gasteiger partial charge in [-0.15, -0.1) is 0 Å². The second kappa shape index (κ2) is 9.36. The van der Waals surface area contributed by atoms with Gasteiger partial charge >= 0.3 is 6.18 Å². The Hall–Kier alpha value is -4.18. The molecule has 0 saturated carbocycles. The van der Waals surface area contributed by atoms with Gasteiger partial charge in [0.1, 0.15) is 0 Å². The molecule has 0 saturated heterocycles. The summed E-state index contributed by atoms with van der Waals surface area (Å²) in [6, 6.07) is 18.0. The quantitative estimate of drug-likeness (QED) is 0.298. The van der Waals surface area contributed by atoms with Gasteiger partial charge in [-0.25, -0.2) is 9.50 Å². The maximum Gasteiger partial charge on any atom is 0.433 e. The molecule has 0 radical (unpaired) electrons. The first kappa shape index (κ1) is 24.5. The van der Waals surface area contributed by atoms with Crippen LogP contribution in [0.15, 0.2) is 66.7 Å². The Kier molecular flexibility index (Phi) is 6.20. The maximum absolute atomic E-state index is 13.9. The van der Waals surface area contributed by atoms with Crippen molar-refractivity contribution in [3.63, 3.8) is 0 Å². The molecule has 0 spiro atoms. The summed E-state index contributed by atoms with van der Waals surface area (Å²) in [5.74, 6) is -0.669. The molecule has 2 aromatic carbocycles. The lowest BCUT2D eigenvalue weighted by Gasteiger charge is -2.11. The van der Waals surface area contributed by atoms with E-state index in [1.54, 1.807) is 61.0 Å². The number of benzene rings is 2. The standard InChI is InChI=1S/C26H20ClF3N6O/c1-15-24(16(2)35(33-15)14-17-8-10-19(27)11-9-17)32-25(37)21-13-23-31-20(18-6-4-3-5-7-18)12-22(26(28,29)30)36(23)34-21/h3-13H,14H2,1-2H3,(H,32,37). The van der Waals surface area contributed by atoms with Crippen LogP contribution in [0.2, 0.25) is 5.02 Å². The molecule has 7 nitrogen and oxygen atoms in total. The number of carbonyl (C=O) groups excluding carboxylic acids is 1. The summed E-state index contributed by atoms with van der Waals surface area (Å²) >= 11 is 5.95. The molecule has 3 aromatic heterocycles. The lowest BCUT2D eigenvalue weighted by atomic mass is 10.1. The number of alkyl halides is 3. The van der Waals surface area contributed by atoms with E-state index in [9.17, 15) is 18.0 Å². The summed E-state index contributed by atoms with van der Waals surface area (Å²) in [6.45, 7) is 3.99. The van der Waals surface area contributed by atoms with Crippen molar-refractivity contribution in [2.24, 2.45) is 0 Å². The smallest absolute Gasteiger partial charge is 0.317 e. The van der Waals surface area contributed by atoms with Gasteiger partial charge in [0.25, 0.3) is 5.91 Å². The van der Waals surface area contributed by atoms with Crippen LogP contribution < -0.4 is 5.32 Å². The SMILES string of the molecule is Cc1nn(Cc2ccc(Cl)cc2)c(C)c1NC(=O)c1cc2nc(-c3ccccc3)cc(C(F)(F)F)n2n1. The molecule has 0 unspecified atom stereocenters. The van der Waals surface area contributed by atoms with Crippen LogP contribution in [0.3, 0.4) is 0 Å². The van der Waals surface area contributed by atoms with Crippen LogP contribution in [0, 0.1) is 13.8 Å². The maximum atomic E-state index is 13.9. The second-order valence-corrected chi connectivity index (χ2v) is 8.91. The minimum atomic E-state index is -4.71. The van der Waals surface area contributed by atoms with Gasteiger partial charge in [-0.05, 0) is 37.6 Å². The minimum Gasteiger partial charge on any atom is -0.317 e. The van der Waals surface area contributed by atoms with Crippen molar-refractivity contribution in [2.45, 2.75) is 26.6 Å². The molecule has 3 heterocycles. The highest BCUT2D eigenvalue weighted by atomic mass is 35.5. The van der Waals surface area contributed by atoms with E-state index in [2.05, 4.69) is 20.5 Å². The summed E-state index contributed by atoms with van der Waals surface area (Å²) in [5.41, 5.74) is 1.99. The van der Waals surface area contributed by atoms with E-state index < -0.39 is 17.8 Å². The number of hydrogen-bond donors (Lipinski definition) is 1. The number of hydrogen-bond acceptors (Lipinski definition) is 4. The Morgan fingerprint density at radius 2 is 1.70 bits per heavy atom. The lowest BCUT2D eigenvalue weighted by molar-refractivity contribution is -0.142. The van der Waals surface area contributed by atoms with Crippen LogP contribution in [-0.4, -0.2) is 30.3 Å². The number of nitrogens with one attached hydrogen (secondary N) is 1. The Bertz CT molecular complexity index is 1610. The first-order valence-electron chi connectivity index (χ1n) is 11.2. The molecule has 0 atom stereocenters. The molecule has 188 valence electrons. The largest absolute Gasteiger partial charge is 0.433 e. The second-order valence-electron chi connectivity index (χ2n) is 8.47. The average Bonchev–Trinajstić information content (AvgIpc) is 3.41. The van der Waals surface area contributed by atoms with E-state index in [-0.39, 0.29) is 17.0 Å². The van der Waals surface area contributed by atoms with Gasteiger partial charge < -0.3 is 5.32 Å². The first-order chi connectivity index (χ1) is 17.6. The minimum absolute atomic E-state index is 0.0919. The van der Waals surface area contributed by atoms with Gasteiger partial charge in [0.15, 0.2) is 17.0 Å². The molecule has 1 N–H and O–H groups in total. The van der Waals surface area contributed by atoms with Crippen molar-refractivity contribution in [2.75, 3.05) is 5.32 Å². The molecule has 11 heteroatoms. The highest BCUT2D eigenvalue weighted by molar-refractivity contribution is 6.30. The zero-order valence-corrected chi connectivity index (χ0v) is 20.5. The number of anilines is 1. The van der Waals surface area contributed by atoms with E-state index in [1.165, 1.54) is 6.07 Å². The predicted molar refractivity (Wildman–Crippen MR) is 134 cm³/mol. The Balaban J connectivity index is 1.47. The number of rotatable bonds is 5. The number of nitrogens with zero attached hydrogens (tertiary/aromatic N) is 5. The third kappa shape index (κ3) is 4.92. The molecule has 0 aliphatic rings. The average molecular weight is 525 g/mol. The molecular weight excluding hydrogens is 505 g/mol.